The Balaban J connectivity index is 1.78. The molecular weight excluding hydrogens is 212 g/mol. The summed E-state index contributed by atoms with van der Waals surface area (Å²) < 4.78 is 5.29. The molecule has 1 atom stereocenters. The molecule has 0 radical (unpaired) electrons. The minimum atomic E-state index is -0.416. The van der Waals surface area contributed by atoms with Crippen molar-refractivity contribution in [1.29, 1.82) is 0 Å². The van der Waals surface area contributed by atoms with E-state index in [0.717, 1.165) is 25.9 Å². The highest BCUT2D eigenvalue weighted by molar-refractivity contribution is 4.86. The Hall–Kier alpha value is -0.0800. The lowest BCUT2D eigenvalue weighted by Gasteiger charge is -2.28. The molecule has 0 aromatic carbocycles. The van der Waals surface area contributed by atoms with Crippen LogP contribution in [-0.4, -0.2) is 23.4 Å². The van der Waals surface area contributed by atoms with Gasteiger partial charge in [-0.3, -0.25) is 0 Å². The van der Waals surface area contributed by atoms with Crippen molar-refractivity contribution in [2.45, 2.75) is 88.8 Å². The van der Waals surface area contributed by atoms with Gasteiger partial charge in [-0.05, 0) is 12.8 Å². The zero-order valence-electron chi connectivity index (χ0n) is 11.1. The molecule has 2 fully saturated rings. The van der Waals surface area contributed by atoms with Crippen molar-refractivity contribution in [3.63, 3.8) is 0 Å². The topological polar surface area (TPSA) is 32.8 Å². The number of ether oxygens (including phenoxy) is 1. The van der Waals surface area contributed by atoms with Crippen molar-refractivity contribution in [3.05, 3.63) is 0 Å². The summed E-state index contributed by atoms with van der Waals surface area (Å²) in [4.78, 5) is 0. The molecule has 1 saturated heterocycles. The summed E-state index contributed by atoms with van der Waals surface area (Å²) in [5, 5.41) is 10.7. The molecule has 0 spiro atoms. The normalized spacial score (nSPS) is 31.2. The van der Waals surface area contributed by atoms with Gasteiger partial charge in [-0.2, -0.15) is 0 Å². The summed E-state index contributed by atoms with van der Waals surface area (Å²) in [6, 6.07) is 0. The van der Waals surface area contributed by atoms with Crippen molar-refractivity contribution < 1.29 is 9.84 Å². The van der Waals surface area contributed by atoms with Crippen LogP contribution in [0.2, 0.25) is 0 Å². The smallest absolute Gasteiger partial charge is 0.0837 e. The summed E-state index contributed by atoms with van der Waals surface area (Å²) in [6.07, 6.45) is 15.1. The predicted octanol–water partition coefficient (Wildman–Crippen LogP) is 3.81. The molecule has 1 aliphatic carbocycles. The largest absolute Gasteiger partial charge is 0.390 e. The van der Waals surface area contributed by atoms with Gasteiger partial charge in [-0.1, -0.05) is 57.8 Å². The van der Waals surface area contributed by atoms with Crippen LogP contribution in [0.3, 0.4) is 0 Å². The van der Waals surface area contributed by atoms with Crippen LogP contribution in [0.15, 0.2) is 0 Å². The molecule has 100 valence electrons. The van der Waals surface area contributed by atoms with E-state index in [9.17, 15) is 5.11 Å². The van der Waals surface area contributed by atoms with Gasteiger partial charge in [0.05, 0.1) is 18.3 Å². The summed E-state index contributed by atoms with van der Waals surface area (Å²) in [5.74, 6) is 0. The molecule has 1 unspecified atom stereocenters. The summed E-state index contributed by atoms with van der Waals surface area (Å²) in [6.45, 7) is 0.877. The third-order valence-electron chi connectivity index (χ3n) is 4.29. The third kappa shape index (κ3) is 5.39. The molecule has 0 amide bonds. The highest BCUT2D eigenvalue weighted by atomic mass is 16.6. The van der Waals surface area contributed by atoms with Crippen LogP contribution in [0, 0.1) is 0 Å². The molecule has 1 saturated carbocycles. The third-order valence-corrected chi connectivity index (χ3v) is 4.29. The fourth-order valence-corrected chi connectivity index (χ4v) is 3.08. The van der Waals surface area contributed by atoms with E-state index in [1.165, 1.54) is 57.8 Å². The van der Waals surface area contributed by atoms with Gasteiger partial charge in [0.1, 0.15) is 0 Å². The Morgan fingerprint density at radius 2 is 1.24 bits per heavy atom. The summed E-state index contributed by atoms with van der Waals surface area (Å²) >= 11 is 0. The second-order valence-electron chi connectivity index (χ2n) is 6.07. The van der Waals surface area contributed by atoms with Gasteiger partial charge in [-0.25, -0.2) is 0 Å². The number of aliphatic hydroxyl groups is 1. The maximum atomic E-state index is 10.7. The quantitative estimate of drug-likeness (QED) is 0.744. The Kier molecular flexibility index (Phi) is 5.30. The Morgan fingerprint density at radius 3 is 1.65 bits per heavy atom. The van der Waals surface area contributed by atoms with Gasteiger partial charge in [0.25, 0.3) is 0 Å². The fourth-order valence-electron chi connectivity index (χ4n) is 3.08. The second kappa shape index (κ2) is 6.75. The van der Waals surface area contributed by atoms with E-state index in [2.05, 4.69) is 0 Å². The van der Waals surface area contributed by atoms with E-state index in [0.29, 0.717) is 6.10 Å². The average Bonchev–Trinajstić information content (AvgIpc) is 3.07. The highest BCUT2D eigenvalue weighted by Crippen LogP contribution is 2.32. The molecule has 0 aromatic rings. The number of hydrogen-bond acceptors (Lipinski definition) is 2. The molecule has 1 heterocycles. The lowest BCUT2D eigenvalue weighted by molar-refractivity contribution is 0.00289. The first-order chi connectivity index (χ1) is 8.29. The number of epoxide rings is 1. The minimum absolute atomic E-state index is 0.368. The monoisotopic (exact) mass is 240 g/mol. The molecule has 17 heavy (non-hydrogen) atoms. The SMILES string of the molecule is OC1(CC2CO2)CCCCCCCCCCC1. The first kappa shape index (κ1) is 13.4. The minimum Gasteiger partial charge on any atom is -0.390 e. The van der Waals surface area contributed by atoms with Crippen LogP contribution in [0.25, 0.3) is 0 Å². The maximum absolute atomic E-state index is 10.7. The van der Waals surface area contributed by atoms with E-state index in [1.807, 2.05) is 0 Å². The molecule has 2 aliphatic rings. The Bertz CT molecular complexity index is 199. The number of rotatable bonds is 2. The van der Waals surface area contributed by atoms with Crippen LogP contribution in [0.4, 0.5) is 0 Å². The van der Waals surface area contributed by atoms with E-state index < -0.39 is 5.60 Å². The number of hydrogen-bond donors (Lipinski definition) is 1. The maximum Gasteiger partial charge on any atom is 0.0837 e. The Morgan fingerprint density at radius 1 is 0.824 bits per heavy atom. The zero-order valence-corrected chi connectivity index (χ0v) is 11.1. The van der Waals surface area contributed by atoms with Crippen molar-refractivity contribution >= 4 is 0 Å². The second-order valence-corrected chi connectivity index (χ2v) is 6.07. The lowest BCUT2D eigenvalue weighted by Crippen LogP contribution is -2.30. The van der Waals surface area contributed by atoms with Crippen LogP contribution in [0.1, 0.15) is 77.0 Å². The van der Waals surface area contributed by atoms with Crippen LogP contribution in [-0.2, 0) is 4.74 Å². The first-order valence-electron chi connectivity index (χ1n) is 7.63. The molecule has 0 bridgehead atoms. The van der Waals surface area contributed by atoms with Gasteiger partial charge in [0.2, 0.25) is 0 Å². The molecule has 0 aromatic heterocycles. The van der Waals surface area contributed by atoms with Gasteiger partial charge < -0.3 is 9.84 Å². The van der Waals surface area contributed by atoms with Crippen molar-refractivity contribution in [2.24, 2.45) is 0 Å². The van der Waals surface area contributed by atoms with E-state index in [-0.39, 0.29) is 0 Å². The molecular formula is C15H28O2. The van der Waals surface area contributed by atoms with E-state index in [4.69, 9.17) is 4.74 Å². The zero-order chi connectivity index (χ0) is 12.0. The standard InChI is InChI=1S/C15H28O2/c16-15(12-14-13-17-14)10-8-6-4-2-1-3-5-7-9-11-15/h14,16H,1-13H2. The van der Waals surface area contributed by atoms with Crippen LogP contribution < -0.4 is 0 Å². The summed E-state index contributed by atoms with van der Waals surface area (Å²) in [7, 11) is 0. The van der Waals surface area contributed by atoms with Gasteiger partial charge >= 0.3 is 0 Å². The lowest BCUT2D eigenvalue weighted by atomic mass is 9.85. The molecule has 2 rings (SSSR count). The molecule has 2 nitrogen and oxygen atoms in total. The summed E-state index contributed by atoms with van der Waals surface area (Å²) in [5.41, 5.74) is -0.416. The van der Waals surface area contributed by atoms with E-state index in [1.54, 1.807) is 0 Å². The van der Waals surface area contributed by atoms with Gasteiger partial charge in [0.15, 0.2) is 0 Å². The van der Waals surface area contributed by atoms with E-state index >= 15 is 0 Å². The first-order valence-corrected chi connectivity index (χ1v) is 7.63. The Labute approximate surface area is 106 Å². The van der Waals surface area contributed by atoms with Gasteiger partial charge in [-0.15, -0.1) is 0 Å². The molecule has 1 N–H and O–H groups in total. The van der Waals surface area contributed by atoms with Crippen LogP contribution >= 0.6 is 0 Å². The molecule has 1 aliphatic heterocycles. The van der Waals surface area contributed by atoms with Crippen molar-refractivity contribution in [2.75, 3.05) is 6.61 Å². The van der Waals surface area contributed by atoms with Crippen molar-refractivity contribution in [3.8, 4) is 0 Å². The van der Waals surface area contributed by atoms with Crippen molar-refractivity contribution in [1.82, 2.24) is 0 Å². The average molecular weight is 240 g/mol. The fraction of sp³-hybridized carbons (Fsp3) is 1.00. The van der Waals surface area contributed by atoms with Gasteiger partial charge in [0, 0.05) is 6.42 Å². The molecule has 2 heteroatoms. The highest BCUT2D eigenvalue weighted by Gasteiger charge is 2.35. The predicted molar refractivity (Wildman–Crippen MR) is 70.1 cm³/mol. The van der Waals surface area contributed by atoms with Crippen LogP contribution in [0.5, 0.6) is 0 Å².